The van der Waals surface area contributed by atoms with Gasteiger partial charge in [0.2, 0.25) is 5.78 Å². The third kappa shape index (κ3) is 5.39. The van der Waals surface area contributed by atoms with E-state index in [4.69, 9.17) is 13.9 Å². The van der Waals surface area contributed by atoms with Crippen LogP contribution in [0.25, 0.3) is 0 Å². The van der Waals surface area contributed by atoms with Crippen molar-refractivity contribution in [2.45, 2.75) is 26.9 Å². The van der Waals surface area contributed by atoms with Crippen molar-refractivity contribution in [3.05, 3.63) is 83.3 Å². The summed E-state index contributed by atoms with van der Waals surface area (Å²) in [5.41, 5.74) is 1.84. The zero-order valence-electron chi connectivity index (χ0n) is 17.5. The highest BCUT2D eigenvalue weighted by atomic mass is 16.5. The number of hydrogen-bond donors (Lipinski definition) is 1. The van der Waals surface area contributed by atoms with Gasteiger partial charge in [-0.2, -0.15) is 0 Å². The summed E-state index contributed by atoms with van der Waals surface area (Å²) in [5.74, 6) is -0.609. The van der Waals surface area contributed by atoms with Gasteiger partial charge in [0.05, 0.1) is 18.4 Å². The number of ether oxygens (including phenoxy) is 2. The van der Waals surface area contributed by atoms with Gasteiger partial charge in [-0.3, -0.25) is 9.59 Å². The Kier molecular flexibility index (Phi) is 6.87. The predicted molar refractivity (Wildman–Crippen MR) is 115 cm³/mol. The average molecular weight is 421 g/mol. The molecule has 0 fully saturated rings. The number of carbonyl (C=O) groups is 3. The van der Waals surface area contributed by atoms with Gasteiger partial charge in [0.15, 0.2) is 11.9 Å². The van der Waals surface area contributed by atoms with Gasteiger partial charge in [0.1, 0.15) is 5.75 Å². The molecule has 0 aliphatic rings. The molecule has 0 aliphatic heterocycles. The third-order valence-corrected chi connectivity index (χ3v) is 4.57. The highest BCUT2D eigenvalue weighted by Crippen LogP contribution is 2.20. The summed E-state index contributed by atoms with van der Waals surface area (Å²) in [6.45, 7) is 5.72. The summed E-state index contributed by atoms with van der Waals surface area (Å²) in [6, 6.07) is 14.6. The number of rotatable bonds is 8. The Bertz CT molecular complexity index is 1070. The molecule has 0 saturated carbocycles. The lowest BCUT2D eigenvalue weighted by atomic mass is 10.1. The summed E-state index contributed by atoms with van der Waals surface area (Å²) >= 11 is 0. The zero-order chi connectivity index (χ0) is 22.4. The molecule has 3 aromatic rings. The largest absolute Gasteiger partial charge is 0.494 e. The van der Waals surface area contributed by atoms with Crippen molar-refractivity contribution in [1.29, 1.82) is 0 Å². The Labute approximate surface area is 180 Å². The van der Waals surface area contributed by atoms with Gasteiger partial charge in [-0.05, 0) is 74.9 Å². The van der Waals surface area contributed by atoms with Crippen LogP contribution in [0.5, 0.6) is 5.75 Å². The zero-order valence-corrected chi connectivity index (χ0v) is 17.5. The molecule has 1 heterocycles. The molecule has 0 saturated heterocycles. The minimum Gasteiger partial charge on any atom is -0.494 e. The van der Waals surface area contributed by atoms with E-state index >= 15 is 0 Å². The topological polar surface area (TPSA) is 94.8 Å². The molecule has 1 atom stereocenters. The molecule has 1 aromatic heterocycles. The van der Waals surface area contributed by atoms with Crippen molar-refractivity contribution in [3.63, 3.8) is 0 Å². The minimum absolute atomic E-state index is 0.155. The van der Waals surface area contributed by atoms with E-state index in [1.165, 1.54) is 25.3 Å². The highest BCUT2D eigenvalue weighted by Gasteiger charge is 2.21. The van der Waals surface area contributed by atoms with Gasteiger partial charge in [-0.15, -0.1) is 0 Å². The van der Waals surface area contributed by atoms with Crippen LogP contribution in [-0.4, -0.2) is 30.4 Å². The first-order valence-corrected chi connectivity index (χ1v) is 9.82. The van der Waals surface area contributed by atoms with E-state index in [-0.39, 0.29) is 17.1 Å². The summed E-state index contributed by atoms with van der Waals surface area (Å²) in [4.78, 5) is 37.4. The first-order chi connectivity index (χ1) is 14.9. The number of hydrogen-bond acceptors (Lipinski definition) is 6. The molecule has 0 bridgehead atoms. The van der Waals surface area contributed by atoms with Crippen LogP contribution in [0.2, 0.25) is 0 Å². The van der Waals surface area contributed by atoms with Crippen LogP contribution < -0.4 is 10.1 Å². The number of esters is 1. The number of Topliss-reactive ketones (excluding diaryl/α,β-unsaturated/α-hetero) is 1. The molecule has 3 rings (SSSR count). The van der Waals surface area contributed by atoms with Crippen molar-refractivity contribution < 1.29 is 28.3 Å². The van der Waals surface area contributed by atoms with E-state index in [0.717, 1.165) is 5.56 Å². The number of aryl methyl sites for hydroxylation is 1. The molecule has 160 valence electrons. The molecule has 1 N–H and O–H groups in total. The summed E-state index contributed by atoms with van der Waals surface area (Å²) in [7, 11) is 0. The summed E-state index contributed by atoms with van der Waals surface area (Å²) in [5, 5.41) is 2.71. The summed E-state index contributed by atoms with van der Waals surface area (Å²) in [6.07, 6.45) is 0.422. The number of furan rings is 1. The second-order valence-corrected chi connectivity index (χ2v) is 6.83. The number of nitrogens with one attached hydrogen (secondary N) is 1. The van der Waals surface area contributed by atoms with Gasteiger partial charge in [-0.1, -0.05) is 6.07 Å². The maximum atomic E-state index is 12.6. The smallest absolute Gasteiger partial charge is 0.338 e. The quantitative estimate of drug-likeness (QED) is 0.420. The number of ketones is 1. The lowest BCUT2D eigenvalue weighted by Crippen LogP contribution is -2.24. The Hall–Kier alpha value is -3.87. The summed E-state index contributed by atoms with van der Waals surface area (Å²) < 4.78 is 15.8. The van der Waals surface area contributed by atoms with E-state index in [0.29, 0.717) is 23.6 Å². The fraction of sp³-hybridized carbons (Fsp3) is 0.208. The van der Waals surface area contributed by atoms with Gasteiger partial charge in [0, 0.05) is 11.3 Å². The van der Waals surface area contributed by atoms with Crippen molar-refractivity contribution in [2.75, 3.05) is 11.9 Å². The van der Waals surface area contributed by atoms with E-state index in [1.54, 1.807) is 49.4 Å². The standard InChI is InChI=1S/C24H23NO6/c1-4-29-19-11-9-17(10-12-19)22(26)16(3)31-24(28)18-8-7-15(2)20(14-18)25-23(27)21-6-5-13-30-21/h5-14,16H,4H2,1-3H3,(H,25,27)/t16-/m1/s1. The van der Waals surface area contributed by atoms with Crippen molar-refractivity contribution in [3.8, 4) is 5.75 Å². The van der Waals surface area contributed by atoms with Crippen molar-refractivity contribution >= 4 is 23.3 Å². The Balaban J connectivity index is 1.68. The first kappa shape index (κ1) is 21.8. The van der Waals surface area contributed by atoms with Crippen molar-refractivity contribution in [2.24, 2.45) is 0 Å². The number of benzene rings is 2. The lowest BCUT2D eigenvalue weighted by Gasteiger charge is -2.14. The molecule has 0 spiro atoms. The molecule has 7 nitrogen and oxygen atoms in total. The maximum absolute atomic E-state index is 12.6. The average Bonchev–Trinajstić information content (AvgIpc) is 3.30. The van der Waals surface area contributed by atoms with Gasteiger partial charge >= 0.3 is 5.97 Å². The monoisotopic (exact) mass is 421 g/mol. The van der Waals surface area contributed by atoms with Crippen LogP contribution in [0.15, 0.2) is 65.3 Å². The van der Waals surface area contributed by atoms with Crippen LogP contribution in [-0.2, 0) is 4.74 Å². The molecule has 31 heavy (non-hydrogen) atoms. The lowest BCUT2D eigenvalue weighted by molar-refractivity contribution is 0.0319. The Morgan fingerprint density at radius 2 is 1.74 bits per heavy atom. The molecule has 0 radical (unpaired) electrons. The fourth-order valence-electron chi connectivity index (χ4n) is 2.87. The van der Waals surface area contributed by atoms with Gasteiger partial charge in [0.25, 0.3) is 5.91 Å². The third-order valence-electron chi connectivity index (χ3n) is 4.57. The molecular formula is C24H23NO6. The van der Waals surface area contributed by atoms with Gasteiger partial charge in [-0.25, -0.2) is 4.79 Å². The second kappa shape index (κ2) is 9.75. The molecule has 0 unspecified atom stereocenters. The van der Waals surface area contributed by atoms with E-state index < -0.39 is 18.0 Å². The van der Waals surface area contributed by atoms with Crippen LogP contribution in [0.3, 0.4) is 0 Å². The predicted octanol–water partition coefficient (Wildman–Crippen LogP) is 4.67. The van der Waals surface area contributed by atoms with E-state index in [9.17, 15) is 14.4 Å². The second-order valence-electron chi connectivity index (χ2n) is 6.83. The highest BCUT2D eigenvalue weighted by molar-refractivity contribution is 6.04. The van der Waals surface area contributed by atoms with Crippen LogP contribution >= 0.6 is 0 Å². The van der Waals surface area contributed by atoms with E-state index in [1.807, 2.05) is 6.92 Å². The molecular weight excluding hydrogens is 398 g/mol. The van der Waals surface area contributed by atoms with Crippen LogP contribution in [0.1, 0.15) is 50.7 Å². The van der Waals surface area contributed by atoms with Gasteiger partial charge < -0.3 is 19.2 Å². The van der Waals surface area contributed by atoms with Crippen LogP contribution in [0.4, 0.5) is 5.69 Å². The molecule has 7 heteroatoms. The fourth-order valence-corrected chi connectivity index (χ4v) is 2.87. The Morgan fingerprint density at radius 1 is 1.03 bits per heavy atom. The normalized spacial score (nSPS) is 11.5. The minimum atomic E-state index is -0.979. The maximum Gasteiger partial charge on any atom is 0.338 e. The number of carbonyl (C=O) groups excluding carboxylic acids is 3. The molecule has 2 aromatic carbocycles. The number of amides is 1. The van der Waals surface area contributed by atoms with E-state index in [2.05, 4.69) is 5.32 Å². The first-order valence-electron chi connectivity index (χ1n) is 9.82. The van der Waals surface area contributed by atoms with Crippen LogP contribution in [0, 0.1) is 6.92 Å². The SMILES string of the molecule is CCOc1ccc(C(=O)[C@@H](C)OC(=O)c2ccc(C)c(NC(=O)c3ccco3)c2)cc1. The molecule has 0 aliphatic carbocycles. The number of anilines is 1. The Morgan fingerprint density at radius 3 is 2.39 bits per heavy atom. The molecule has 1 amide bonds. The van der Waals surface area contributed by atoms with Crippen molar-refractivity contribution in [1.82, 2.24) is 0 Å².